The van der Waals surface area contributed by atoms with Crippen molar-refractivity contribution in [2.75, 3.05) is 18.4 Å². The van der Waals surface area contributed by atoms with Gasteiger partial charge in [-0.05, 0) is 50.1 Å². The molecule has 1 amide bonds. The summed E-state index contributed by atoms with van der Waals surface area (Å²) < 4.78 is 0. The Hall–Kier alpha value is -3.74. The number of anilines is 1. The highest BCUT2D eigenvalue weighted by Gasteiger charge is 2.13. The van der Waals surface area contributed by atoms with Crippen LogP contribution in [0.4, 0.5) is 5.69 Å². The highest BCUT2D eigenvalue weighted by molar-refractivity contribution is 6.18. The largest absolute Gasteiger partial charge is 0.357 e. The number of aliphatic imine (C=N–C) groups is 1. The molecule has 7 nitrogen and oxygen atoms in total. The van der Waals surface area contributed by atoms with Crippen LogP contribution in [0.5, 0.6) is 0 Å². The minimum Gasteiger partial charge on any atom is -0.357 e. The fraction of sp³-hybridized carbons (Fsp3) is 0.217. The first-order valence-electron chi connectivity index (χ1n) is 10.0. The smallest absolute Gasteiger partial charge is 0.256 e. The summed E-state index contributed by atoms with van der Waals surface area (Å²) in [6.07, 6.45) is 7.36. The summed E-state index contributed by atoms with van der Waals surface area (Å²) in [5, 5.41) is 2.92. The van der Waals surface area contributed by atoms with Gasteiger partial charge in [0.1, 0.15) is 11.5 Å². The van der Waals surface area contributed by atoms with Crippen LogP contribution in [0.2, 0.25) is 0 Å². The number of pyridine rings is 1. The lowest BCUT2D eigenvalue weighted by Gasteiger charge is -2.16. The molecule has 2 aromatic heterocycles. The van der Waals surface area contributed by atoms with E-state index in [1.807, 2.05) is 43.3 Å². The maximum Gasteiger partial charge on any atom is 0.256 e. The van der Waals surface area contributed by atoms with Gasteiger partial charge < -0.3 is 15.2 Å². The van der Waals surface area contributed by atoms with E-state index >= 15 is 0 Å². The predicted octanol–water partition coefficient (Wildman–Crippen LogP) is 4.64. The molecule has 0 unspecified atom stereocenters. The first kappa shape index (κ1) is 19.6. The molecule has 0 aliphatic carbocycles. The Morgan fingerprint density at radius 1 is 1.30 bits per heavy atom. The van der Waals surface area contributed by atoms with Crippen molar-refractivity contribution in [2.24, 2.45) is 4.99 Å². The molecule has 3 aromatic rings. The predicted molar refractivity (Wildman–Crippen MR) is 124 cm³/mol. The van der Waals surface area contributed by atoms with Crippen LogP contribution in [0, 0.1) is 0 Å². The van der Waals surface area contributed by atoms with Crippen LogP contribution in [0.25, 0.3) is 22.6 Å². The van der Waals surface area contributed by atoms with Gasteiger partial charge in [-0.2, -0.15) is 0 Å². The van der Waals surface area contributed by atoms with Crippen molar-refractivity contribution in [2.45, 2.75) is 19.8 Å². The Kier molecular flexibility index (Phi) is 5.70. The zero-order valence-electron chi connectivity index (χ0n) is 16.9. The normalized spacial score (nSPS) is 14.6. The molecule has 2 N–H and O–H groups in total. The minimum absolute atomic E-state index is 0. The summed E-state index contributed by atoms with van der Waals surface area (Å²) >= 11 is 0. The molecule has 0 saturated carbocycles. The van der Waals surface area contributed by atoms with E-state index in [1.54, 1.807) is 18.5 Å². The molecule has 1 aromatic carbocycles. The second-order valence-corrected chi connectivity index (χ2v) is 7.10. The second kappa shape index (κ2) is 8.73. The molecule has 156 valence electrons. The second-order valence-electron chi connectivity index (χ2n) is 7.10. The number of nitrogens with zero attached hydrogens (tertiary/aromatic N) is 4. The molecule has 1 aliphatic heterocycles. The van der Waals surface area contributed by atoms with Gasteiger partial charge in [-0.15, -0.1) is 0 Å². The van der Waals surface area contributed by atoms with Crippen LogP contribution in [-0.2, 0) is 4.79 Å². The number of benzene rings is 1. The van der Waals surface area contributed by atoms with Gasteiger partial charge in [-0.3, -0.25) is 9.78 Å². The van der Waals surface area contributed by atoms with Gasteiger partial charge in [-0.25, -0.2) is 9.98 Å². The molecular weight excluding hydrogens is 376 g/mol. The van der Waals surface area contributed by atoms with Crippen molar-refractivity contribution < 1.29 is 7.65 Å². The molecule has 7 heteroatoms. The third-order valence-electron chi connectivity index (χ3n) is 5.04. The monoisotopic (exact) mass is 404 g/mol. The van der Waals surface area contributed by atoms with Gasteiger partial charge in [0.15, 0.2) is 5.82 Å². The fourth-order valence-electron chi connectivity index (χ4n) is 3.38. The molecule has 1 aliphatic rings. The molecule has 0 spiro atoms. The first-order valence-corrected chi connectivity index (χ1v) is 10.0. The summed E-state index contributed by atoms with van der Waals surface area (Å²) in [6.45, 7) is 7.76. The van der Waals surface area contributed by atoms with Crippen LogP contribution in [-0.4, -0.2) is 45.1 Å². The lowest BCUT2D eigenvalue weighted by molar-refractivity contribution is -0.112. The van der Waals surface area contributed by atoms with Crippen molar-refractivity contribution >= 4 is 28.8 Å². The summed E-state index contributed by atoms with van der Waals surface area (Å²) in [6, 6.07) is 11.2. The lowest BCUT2D eigenvalue weighted by atomic mass is 10.2. The van der Waals surface area contributed by atoms with Crippen molar-refractivity contribution in [3.8, 4) is 11.5 Å². The van der Waals surface area contributed by atoms with E-state index in [4.69, 9.17) is 0 Å². The molecule has 1 saturated heterocycles. The molecule has 30 heavy (non-hydrogen) atoms. The van der Waals surface area contributed by atoms with Crippen LogP contribution in [0.3, 0.4) is 0 Å². The van der Waals surface area contributed by atoms with E-state index < -0.39 is 0 Å². The highest BCUT2D eigenvalue weighted by Crippen LogP contribution is 2.22. The number of hydrogen-bond donors (Lipinski definition) is 2. The van der Waals surface area contributed by atoms with Crippen molar-refractivity contribution in [1.29, 1.82) is 0 Å². The third-order valence-corrected chi connectivity index (χ3v) is 5.04. The summed E-state index contributed by atoms with van der Waals surface area (Å²) in [5.74, 6) is 1.16. The Morgan fingerprint density at radius 2 is 2.13 bits per heavy atom. The lowest BCUT2D eigenvalue weighted by Crippen LogP contribution is -2.18. The number of fused-ring (bicyclic) bond motifs is 1. The van der Waals surface area contributed by atoms with Gasteiger partial charge >= 0.3 is 0 Å². The molecule has 1 fully saturated rings. The molecule has 0 bridgehead atoms. The number of aromatic nitrogens is 3. The first-order chi connectivity index (χ1) is 14.6. The zero-order valence-corrected chi connectivity index (χ0v) is 16.9. The standard InChI is InChI=1S/C23H24N6O.2H2/c1-3-17(15-25-16(2)29-12-6-7-13-29)23(30)26-18-9-10-19-21(14-18)28-22(27-19)20-8-4-5-11-24-20;;/h3-5,8-11,14-15H,2,6-7,12-13H2,1H3,(H,26,30)(H,27,28);2*1H/b17-3+,25-15-;;. The maximum absolute atomic E-state index is 12.7. The minimum atomic E-state index is -0.223. The molecule has 0 radical (unpaired) electrons. The van der Waals surface area contributed by atoms with Gasteiger partial charge in [-0.1, -0.05) is 18.7 Å². The topological polar surface area (TPSA) is 86.3 Å². The van der Waals surface area contributed by atoms with E-state index in [-0.39, 0.29) is 8.76 Å². The van der Waals surface area contributed by atoms with Crippen LogP contribution in [0.15, 0.2) is 71.6 Å². The average molecular weight is 405 g/mol. The number of rotatable bonds is 6. The summed E-state index contributed by atoms with van der Waals surface area (Å²) in [4.78, 5) is 31.3. The van der Waals surface area contributed by atoms with E-state index in [0.717, 1.165) is 42.7 Å². The van der Waals surface area contributed by atoms with Crippen LogP contribution in [0.1, 0.15) is 22.6 Å². The van der Waals surface area contributed by atoms with E-state index in [0.29, 0.717) is 22.9 Å². The van der Waals surface area contributed by atoms with Crippen molar-refractivity contribution in [1.82, 2.24) is 19.9 Å². The van der Waals surface area contributed by atoms with Gasteiger partial charge in [0, 0.05) is 34.0 Å². The number of carbonyl (C=O) groups is 1. The number of likely N-dealkylation sites (tertiary alicyclic amines) is 1. The molecule has 4 rings (SSSR count). The van der Waals surface area contributed by atoms with Crippen molar-refractivity contribution in [3.63, 3.8) is 0 Å². The number of aromatic amines is 1. The Morgan fingerprint density at radius 3 is 2.87 bits per heavy atom. The van der Waals surface area contributed by atoms with Crippen LogP contribution < -0.4 is 5.32 Å². The van der Waals surface area contributed by atoms with E-state index in [2.05, 4.69) is 36.7 Å². The fourth-order valence-corrected chi connectivity index (χ4v) is 3.38. The number of hydrogen-bond acceptors (Lipinski definition) is 5. The number of amides is 1. The Balaban J connectivity index is 0.00000181. The summed E-state index contributed by atoms with van der Waals surface area (Å²) in [7, 11) is 0. The maximum atomic E-state index is 12.7. The average Bonchev–Trinajstić information content (AvgIpc) is 3.44. The third kappa shape index (κ3) is 4.30. The SMILES string of the molecule is C=C(/N=C\C(=C/C)C(=O)Nc1ccc2nc(-c3ccccn3)[nH]c2c1)N1CCCC1.[HH].[HH]. The van der Waals surface area contributed by atoms with Gasteiger partial charge in [0.05, 0.1) is 16.6 Å². The Bertz CT molecular complexity index is 1130. The number of nitrogens with one attached hydrogen (secondary N) is 2. The van der Waals surface area contributed by atoms with Crippen molar-refractivity contribution in [3.05, 3.63) is 66.6 Å². The van der Waals surface area contributed by atoms with Gasteiger partial charge in [0.2, 0.25) is 0 Å². The highest BCUT2D eigenvalue weighted by atomic mass is 16.1. The summed E-state index contributed by atoms with van der Waals surface area (Å²) in [5.41, 5.74) is 3.56. The van der Waals surface area contributed by atoms with E-state index in [1.165, 1.54) is 0 Å². The van der Waals surface area contributed by atoms with Gasteiger partial charge in [0.25, 0.3) is 5.91 Å². The molecule has 3 heterocycles. The quantitative estimate of drug-likeness (QED) is 0.463. The number of carbonyl (C=O) groups excluding carboxylic acids is 1. The number of imidazole rings is 1. The zero-order chi connectivity index (χ0) is 20.9. The molecular formula is C23H28N6O. The number of allylic oxidation sites excluding steroid dienone is 1. The van der Waals surface area contributed by atoms with Crippen LogP contribution >= 0.6 is 0 Å². The van der Waals surface area contributed by atoms with E-state index in [9.17, 15) is 4.79 Å². The molecule has 0 atom stereocenters. The Labute approximate surface area is 178 Å². The number of H-pyrrole nitrogens is 1.